The Morgan fingerprint density at radius 3 is 2.71 bits per heavy atom. The average molecular weight is 305 g/mol. The van der Waals surface area contributed by atoms with Crippen molar-refractivity contribution in [3.05, 3.63) is 54.1 Å². The Balaban J connectivity index is 2.31. The molecule has 21 heavy (non-hydrogen) atoms. The lowest BCUT2D eigenvalue weighted by molar-refractivity contribution is 0.415. The lowest BCUT2D eigenvalue weighted by atomic mass is 10.2. The summed E-state index contributed by atoms with van der Waals surface area (Å²) in [5, 5.41) is -0.299. The van der Waals surface area contributed by atoms with Crippen LogP contribution in [-0.4, -0.2) is 16.7 Å². The lowest BCUT2D eigenvalue weighted by Gasteiger charge is -2.10. The Hall–Kier alpha value is -2.07. The van der Waals surface area contributed by atoms with Crippen LogP contribution in [-0.2, 0) is 0 Å². The first-order valence-corrected chi connectivity index (χ1v) is 7.00. The topological polar surface area (TPSA) is 27.1 Å². The van der Waals surface area contributed by atoms with E-state index in [1.165, 1.54) is 12.1 Å². The van der Waals surface area contributed by atoms with Crippen LogP contribution < -0.4 is 4.74 Å². The molecule has 1 atom stereocenters. The van der Waals surface area contributed by atoms with Crippen LogP contribution in [0.1, 0.15) is 18.1 Å². The first kappa shape index (κ1) is 13.9. The van der Waals surface area contributed by atoms with Crippen molar-refractivity contribution in [1.82, 2.24) is 9.55 Å². The number of hydrogen-bond donors (Lipinski definition) is 0. The van der Waals surface area contributed by atoms with Gasteiger partial charge in [0.25, 0.3) is 0 Å². The third-order valence-electron chi connectivity index (χ3n) is 3.31. The maximum Gasteiger partial charge on any atom is 0.132 e. The molecule has 2 aromatic carbocycles. The zero-order valence-electron chi connectivity index (χ0n) is 11.7. The minimum atomic E-state index is -0.299. The first-order valence-electron chi connectivity index (χ1n) is 6.56. The number of halogens is 2. The van der Waals surface area contributed by atoms with Gasteiger partial charge in [0.1, 0.15) is 17.4 Å². The summed E-state index contributed by atoms with van der Waals surface area (Å²) in [6.45, 7) is 1.84. The van der Waals surface area contributed by atoms with Gasteiger partial charge >= 0.3 is 0 Å². The van der Waals surface area contributed by atoms with E-state index in [0.29, 0.717) is 11.5 Å². The van der Waals surface area contributed by atoms with E-state index in [-0.39, 0.29) is 11.2 Å². The van der Waals surface area contributed by atoms with E-state index in [1.807, 2.05) is 35.8 Å². The van der Waals surface area contributed by atoms with Crippen LogP contribution in [0.4, 0.5) is 4.39 Å². The molecule has 0 radical (unpaired) electrons. The number of benzene rings is 2. The van der Waals surface area contributed by atoms with Crippen LogP contribution in [0.25, 0.3) is 16.7 Å². The van der Waals surface area contributed by atoms with Crippen molar-refractivity contribution in [2.24, 2.45) is 0 Å². The molecule has 0 aliphatic rings. The summed E-state index contributed by atoms with van der Waals surface area (Å²) in [6.07, 6.45) is 0. The maximum atomic E-state index is 13.5. The second kappa shape index (κ2) is 5.37. The predicted molar refractivity (Wildman–Crippen MR) is 81.8 cm³/mol. The molecule has 0 spiro atoms. The number of aromatic nitrogens is 2. The van der Waals surface area contributed by atoms with Gasteiger partial charge in [0, 0.05) is 6.07 Å². The number of ether oxygens (including phenoxy) is 1. The van der Waals surface area contributed by atoms with Gasteiger partial charge in [-0.2, -0.15) is 0 Å². The van der Waals surface area contributed by atoms with Crippen LogP contribution in [0, 0.1) is 5.82 Å². The highest BCUT2D eigenvalue weighted by Gasteiger charge is 2.17. The van der Waals surface area contributed by atoms with Gasteiger partial charge in [-0.25, -0.2) is 9.37 Å². The van der Waals surface area contributed by atoms with Crippen LogP contribution in [0.2, 0.25) is 0 Å². The average Bonchev–Trinajstić information content (AvgIpc) is 2.85. The molecule has 1 aromatic heterocycles. The molecule has 3 rings (SSSR count). The molecular formula is C16H14ClFN2O. The molecule has 3 nitrogen and oxygen atoms in total. The minimum absolute atomic E-state index is 0.295. The normalized spacial score (nSPS) is 12.6. The van der Waals surface area contributed by atoms with Gasteiger partial charge in [0.05, 0.1) is 29.2 Å². The molecule has 0 amide bonds. The van der Waals surface area contributed by atoms with Gasteiger partial charge in [-0.3, -0.25) is 4.57 Å². The summed E-state index contributed by atoms with van der Waals surface area (Å²) < 4.78 is 20.6. The molecule has 0 fully saturated rings. The summed E-state index contributed by atoms with van der Waals surface area (Å²) in [4.78, 5) is 4.56. The van der Waals surface area contributed by atoms with Crippen molar-refractivity contribution in [3.8, 4) is 11.4 Å². The standard InChI is InChI=1S/C16H14ClFN2O/c1-10(17)16-19-14-9-13(21-2)6-7-15(14)20(16)12-5-3-4-11(18)8-12/h3-10H,1-2H3. The Kier molecular flexibility index (Phi) is 3.55. The fraction of sp³-hybridized carbons (Fsp3) is 0.188. The highest BCUT2D eigenvalue weighted by atomic mass is 35.5. The van der Waals surface area contributed by atoms with Gasteiger partial charge in [-0.15, -0.1) is 11.6 Å². The molecule has 108 valence electrons. The molecule has 5 heteroatoms. The summed E-state index contributed by atoms with van der Waals surface area (Å²) in [5.41, 5.74) is 2.33. The number of fused-ring (bicyclic) bond motifs is 1. The number of methoxy groups -OCH3 is 1. The van der Waals surface area contributed by atoms with Gasteiger partial charge in [0.2, 0.25) is 0 Å². The Bertz CT molecular complexity index is 798. The molecule has 1 heterocycles. The second-order valence-corrected chi connectivity index (χ2v) is 5.41. The van der Waals surface area contributed by atoms with Gasteiger partial charge in [-0.05, 0) is 37.3 Å². The third-order valence-corrected chi connectivity index (χ3v) is 3.50. The summed E-state index contributed by atoms with van der Waals surface area (Å²) in [7, 11) is 1.61. The summed E-state index contributed by atoms with van der Waals surface area (Å²) in [5.74, 6) is 1.10. The highest BCUT2D eigenvalue weighted by Crippen LogP contribution is 2.30. The highest BCUT2D eigenvalue weighted by molar-refractivity contribution is 6.20. The number of imidazole rings is 1. The van der Waals surface area contributed by atoms with Crippen molar-refractivity contribution in [3.63, 3.8) is 0 Å². The van der Waals surface area contributed by atoms with Crippen LogP contribution >= 0.6 is 11.6 Å². The zero-order chi connectivity index (χ0) is 15.0. The van der Waals surface area contributed by atoms with Crippen molar-refractivity contribution in [1.29, 1.82) is 0 Å². The largest absolute Gasteiger partial charge is 0.497 e. The zero-order valence-corrected chi connectivity index (χ0v) is 12.4. The van der Waals surface area contributed by atoms with E-state index in [9.17, 15) is 4.39 Å². The number of alkyl halides is 1. The van der Waals surface area contributed by atoms with Crippen molar-refractivity contribution in [2.75, 3.05) is 7.11 Å². The third kappa shape index (κ3) is 2.47. The minimum Gasteiger partial charge on any atom is -0.497 e. The van der Waals surface area contributed by atoms with Crippen LogP contribution in [0.5, 0.6) is 5.75 Å². The van der Waals surface area contributed by atoms with Crippen LogP contribution in [0.15, 0.2) is 42.5 Å². The molecule has 3 aromatic rings. The molecule has 0 N–H and O–H groups in total. The Morgan fingerprint density at radius 2 is 2.05 bits per heavy atom. The second-order valence-electron chi connectivity index (χ2n) is 4.76. The van der Waals surface area contributed by atoms with E-state index in [2.05, 4.69) is 4.98 Å². The van der Waals surface area contributed by atoms with Crippen molar-refractivity contribution in [2.45, 2.75) is 12.3 Å². The van der Waals surface area contributed by atoms with E-state index >= 15 is 0 Å². The van der Waals surface area contributed by atoms with Crippen molar-refractivity contribution >= 4 is 22.6 Å². The smallest absolute Gasteiger partial charge is 0.132 e. The molecule has 0 bridgehead atoms. The van der Waals surface area contributed by atoms with E-state index in [0.717, 1.165) is 16.8 Å². The lowest BCUT2D eigenvalue weighted by Crippen LogP contribution is -2.02. The molecule has 0 aliphatic carbocycles. The molecular weight excluding hydrogens is 291 g/mol. The predicted octanol–water partition coefficient (Wildman–Crippen LogP) is 4.47. The molecule has 0 saturated heterocycles. The quantitative estimate of drug-likeness (QED) is 0.667. The van der Waals surface area contributed by atoms with E-state index < -0.39 is 0 Å². The fourth-order valence-corrected chi connectivity index (χ4v) is 2.51. The SMILES string of the molecule is COc1ccc2c(c1)nc(C(C)Cl)n2-c1cccc(F)c1. The number of rotatable bonds is 3. The van der Waals surface area contributed by atoms with E-state index in [4.69, 9.17) is 16.3 Å². The maximum absolute atomic E-state index is 13.5. The fourth-order valence-electron chi connectivity index (χ4n) is 2.36. The Morgan fingerprint density at radius 1 is 1.24 bits per heavy atom. The first-order chi connectivity index (χ1) is 10.1. The monoisotopic (exact) mass is 304 g/mol. The molecule has 1 unspecified atom stereocenters. The van der Waals surface area contributed by atoms with Gasteiger partial charge < -0.3 is 4.74 Å². The summed E-state index contributed by atoms with van der Waals surface area (Å²) in [6, 6.07) is 12.0. The Labute approximate surface area is 126 Å². The number of nitrogens with zero attached hydrogens (tertiary/aromatic N) is 2. The summed E-state index contributed by atoms with van der Waals surface area (Å²) >= 11 is 6.23. The van der Waals surface area contributed by atoms with Gasteiger partial charge in [0.15, 0.2) is 0 Å². The van der Waals surface area contributed by atoms with Crippen LogP contribution in [0.3, 0.4) is 0 Å². The van der Waals surface area contributed by atoms with Gasteiger partial charge in [-0.1, -0.05) is 6.07 Å². The number of hydrogen-bond acceptors (Lipinski definition) is 2. The molecule has 0 saturated carbocycles. The van der Waals surface area contributed by atoms with E-state index in [1.54, 1.807) is 13.2 Å². The molecule has 0 aliphatic heterocycles. The van der Waals surface area contributed by atoms with Crippen molar-refractivity contribution < 1.29 is 9.13 Å².